The Morgan fingerprint density at radius 1 is 1.00 bits per heavy atom. The average Bonchev–Trinajstić information content (AvgIpc) is 2.31. The van der Waals surface area contributed by atoms with Gasteiger partial charge < -0.3 is 10.2 Å². The van der Waals surface area contributed by atoms with Crippen molar-refractivity contribution in [1.82, 2.24) is 0 Å². The molecule has 0 saturated heterocycles. The molecule has 0 saturated carbocycles. The van der Waals surface area contributed by atoms with E-state index < -0.39 is 0 Å². The largest absolute Gasteiger partial charge is 0.508 e. The summed E-state index contributed by atoms with van der Waals surface area (Å²) in [6.07, 6.45) is 2.58. The van der Waals surface area contributed by atoms with Gasteiger partial charge in [-0.3, -0.25) is 0 Å². The summed E-state index contributed by atoms with van der Waals surface area (Å²) in [6, 6.07) is 12.5. The lowest BCUT2D eigenvalue weighted by atomic mass is 9.97. The third-order valence-electron chi connectivity index (χ3n) is 2.65. The predicted octanol–water partition coefficient (Wildman–Crippen LogP) is 3.49. The van der Waals surface area contributed by atoms with Crippen LogP contribution in [0.15, 0.2) is 55.1 Å². The van der Waals surface area contributed by atoms with Crippen LogP contribution in [0, 0.1) is 0 Å². The second-order valence-electron chi connectivity index (χ2n) is 3.85. The molecule has 2 aromatic rings. The van der Waals surface area contributed by atoms with Crippen LogP contribution in [0.1, 0.15) is 5.56 Å². The van der Waals surface area contributed by atoms with E-state index in [2.05, 4.69) is 6.58 Å². The first-order chi connectivity index (χ1) is 8.22. The first kappa shape index (κ1) is 11.3. The van der Waals surface area contributed by atoms with Gasteiger partial charge in [-0.1, -0.05) is 30.3 Å². The van der Waals surface area contributed by atoms with E-state index in [1.807, 2.05) is 30.3 Å². The summed E-state index contributed by atoms with van der Waals surface area (Å²) in [7, 11) is 0. The molecular formula is C15H14O2. The first-order valence-corrected chi connectivity index (χ1v) is 5.43. The fourth-order valence-electron chi connectivity index (χ4n) is 1.86. The van der Waals surface area contributed by atoms with E-state index in [4.69, 9.17) is 0 Å². The number of hydrogen-bond donors (Lipinski definition) is 2. The summed E-state index contributed by atoms with van der Waals surface area (Å²) < 4.78 is 0. The molecule has 0 atom stereocenters. The highest BCUT2D eigenvalue weighted by Gasteiger charge is 2.08. The van der Waals surface area contributed by atoms with Crippen LogP contribution in [0.3, 0.4) is 0 Å². The maximum Gasteiger partial charge on any atom is 0.127 e. The minimum Gasteiger partial charge on any atom is -0.508 e. The molecule has 0 aromatic heterocycles. The number of allylic oxidation sites excluding steroid dienone is 1. The van der Waals surface area contributed by atoms with Crippen LogP contribution in [0.2, 0.25) is 0 Å². The summed E-state index contributed by atoms with van der Waals surface area (Å²) >= 11 is 0. The van der Waals surface area contributed by atoms with Gasteiger partial charge in [0.1, 0.15) is 11.5 Å². The van der Waals surface area contributed by atoms with Gasteiger partial charge >= 0.3 is 0 Å². The quantitative estimate of drug-likeness (QED) is 0.786. The van der Waals surface area contributed by atoms with Crippen LogP contribution < -0.4 is 0 Å². The topological polar surface area (TPSA) is 40.5 Å². The Kier molecular flexibility index (Phi) is 3.15. The molecule has 0 radical (unpaired) electrons. The smallest absolute Gasteiger partial charge is 0.127 e. The van der Waals surface area contributed by atoms with Crippen molar-refractivity contribution >= 4 is 0 Å². The molecule has 0 bridgehead atoms. The van der Waals surface area contributed by atoms with E-state index in [0.717, 1.165) is 23.1 Å². The van der Waals surface area contributed by atoms with E-state index in [1.54, 1.807) is 12.1 Å². The van der Waals surface area contributed by atoms with Gasteiger partial charge in [0.25, 0.3) is 0 Å². The van der Waals surface area contributed by atoms with Gasteiger partial charge in [0, 0.05) is 11.6 Å². The Morgan fingerprint density at radius 3 is 2.47 bits per heavy atom. The third kappa shape index (κ3) is 2.31. The van der Waals surface area contributed by atoms with E-state index in [-0.39, 0.29) is 11.5 Å². The first-order valence-electron chi connectivity index (χ1n) is 5.43. The number of hydrogen-bond acceptors (Lipinski definition) is 2. The van der Waals surface area contributed by atoms with E-state index >= 15 is 0 Å². The number of aromatic hydroxyl groups is 2. The lowest BCUT2D eigenvalue weighted by Crippen LogP contribution is -1.88. The van der Waals surface area contributed by atoms with Crippen molar-refractivity contribution in [3.05, 3.63) is 60.7 Å². The Morgan fingerprint density at radius 2 is 1.76 bits per heavy atom. The molecule has 0 aliphatic carbocycles. The molecule has 0 heterocycles. The minimum absolute atomic E-state index is 0.0625. The second kappa shape index (κ2) is 4.74. The number of rotatable bonds is 3. The summed E-state index contributed by atoms with van der Waals surface area (Å²) in [6.45, 7) is 3.72. The molecule has 2 N–H and O–H groups in total. The number of benzene rings is 2. The molecular weight excluding hydrogens is 212 g/mol. The van der Waals surface area contributed by atoms with E-state index in [9.17, 15) is 10.2 Å². The van der Waals surface area contributed by atoms with E-state index in [1.165, 1.54) is 6.07 Å². The molecule has 0 spiro atoms. The summed E-state index contributed by atoms with van der Waals surface area (Å²) in [5.41, 5.74) is 2.79. The van der Waals surface area contributed by atoms with Crippen molar-refractivity contribution in [2.75, 3.05) is 0 Å². The Hall–Kier alpha value is -2.22. The Labute approximate surface area is 100 Å². The van der Waals surface area contributed by atoms with Crippen molar-refractivity contribution in [2.24, 2.45) is 0 Å². The zero-order chi connectivity index (χ0) is 12.3. The summed E-state index contributed by atoms with van der Waals surface area (Å²) in [5.74, 6) is 0.147. The van der Waals surface area contributed by atoms with Gasteiger partial charge in [0.05, 0.1) is 0 Å². The highest BCUT2D eigenvalue weighted by Crippen LogP contribution is 2.34. The normalized spacial score (nSPS) is 10.1. The van der Waals surface area contributed by atoms with Gasteiger partial charge in [-0.25, -0.2) is 0 Å². The predicted molar refractivity (Wildman–Crippen MR) is 69.1 cm³/mol. The monoisotopic (exact) mass is 226 g/mol. The standard InChI is InChI=1S/C15H14O2/c1-2-5-11-6-3-4-7-13(11)14-9-8-12(16)10-15(14)17/h2-4,6-10,16-17H,1,5H2. The highest BCUT2D eigenvalue weighted by atomic mass is 16.3. The molecule has 0 fully saturated rings. The van der Waals surface area contributed by atoms with Gasteiger partial charge in [0.15, 0.2) is 0 Å². The molecule has 0 amide bonds. The molecule has 0 unspecified atom stereocenters. The molecule has 86 valence electrons. The van der Waals surface area contributed by atoms with Crippen molar-refractivity contribution in [1.29, 1.82) is 0 Å². The fourth-order valence-corrected chi connectivity index (χ4v) is 1.86. The van der Waals surface area contributed by atoms with Gasteiger partial charge in [-0.15, -0.1) is 6.58 Å². The minimum atomic E-state index is 0.0625. The van der Waals surface area contributed by atoms with Gasteiger partial charge in [-0.05, 0) is 29.7 Å². The Bertz CT molecular complexity index is 544. The second-order valence-corrected chi connectivity index (χ2v) is 3.85. The number of phenolic OH excluding ortho intramolecular Hbond substituents is 2. The molecule has 0 aliphatic heterocycles. The molecule has 2 rings (SSSR count). The molecule has 0 aliphatic rings. The van der Waals surface area contributed by atoms with Crippen LogP contribution in [-0.2, 0) is 6.42 Å². The molecule has 17 heavy (non-hydrogen) atoms. The van der Waals surface area contributed by atoms with Gasteiger partial charge in [0.2, 0.25) is 0 Å². The van der Waals surface area contributed by atoms with Crippen molar-refractivity contribution in [2.45, 2.75) is 6.42 Å². The summed E-state index contributed by atoms with van der Waals surface area (Å²) in [5, 5.41) is 19.1. The van der Waals surface area contributed by atoms with Crippen LogP contribution in [0.25, 0.3) is 11.1 Å². The lowest BCUT2D eigenvalue weighted by Gasteiger charge is -2.10. The maximum atomic E-state index is 9.85. The zero-order valence-electron chi connectivity index (χ0n) is 9.43. The van der Waals surface area contributed by atoms with Crippen LogP contribution >= 0.6 is 0 Å². The average molecular weight is 226 g/mol. The third-order valence-corrected chi connectivity index (χ3v) is 2.65. The van der Waals surface area contributed by atoms with E-state index in [0.29, 0.717) is 0 Å². The number of phenols is 2. The summed E-state index contributed by atoms with van der Waals surface area (Å²) in [4.78, 5) is 0. The zero-order valence-corrected chi connectivity index (χ0v) is 9.43. The molecule has 2 nitrogen and oxygen atoms in total. The fraction of sp³-hybridized carbons (Fsp3) is 0.0667. The van der Waals surface area contributed by atoms with Crippen molar-refractivity contribution in [3.8, 4) is 22.6 Å². The lowest BCUT2D eigenvalue weighted by molar-refractivity contribution is 0.452. The van der Waals surface area contributed by atoms with Crippen LogP contribution in [0.5, 0.6) is 11.5 Å². The van der Waals surface area contributed by atoms with Crippen LogP contribution in [0.4, 0.5) is 0 Å². The van der Waals surface area contributed by atoms with Crippen molar-refractivity contribution in [3.63, 3.8) is 0 Å². The van der Waals surface area contributed by atoms with Crippen LogP contribution in [-0.4, -0.2) is 10.2 Å². The molecule has 2 heteroatoms. The highest BCUT2D eigenvalue weighted by molar-refractivity contribution is 5.74. The molecule has 2 aromatic carbocycles. The maximum absolute atomic E-state index is 9.85. The van der Waals surface area contributed by atoms with Crippen molar-refractivity contribution < 1.29 is 10.2 Å². The Balaban J connectivity index is 2.55. The van der Waals surface area contributed by atoms with Gasteiger partial charge in [-0.2, -0.15) is 0 Å². The SMILES string of the molecule is C=CCc1ccccc1-c1ccc(O)cc1O.